The van der Waals surface area contributed by atoms with Crippen LogP contribution in [-0.4, -0.2) is 18.2 Å². The molecule has 0 atom stereocenters. The molecule has 3 rings (SSSR count). The van der Waals surface area contributed by atoms with Gasteiger partial charge in [-0.25, -0.2) is 4.98 Å². The van der Waals surface area contributed by atoms with E-state index in [0.29, 0.717) is 35.6 Å². The van der Waals surface area contributed by atoms with Crippen LogP contribution in [0.4, 0.5) is 17.2 Å². The molecule has 1 aromatic heterocycles. The largest absolute Gasteiger partial charge is 0.486 e. The molecule has 0 amide bonds. The highest BCUT2D eigenvalue weighted by Crippen LogP contribution is 2.33. The number of nitrogen functional groups attached to an aromatic ring is 1. The molecule has 0 saturated carbocycles. The monoisotopic (exact) mass is 277 g/mol. The minimum absolute atomic E-state index is 0.347. The molecule has 0 unspecified atom stereocenters. The van der Waals surface area contributed by atoms with Crippen molar-refractivity contribution in [3.63, 3.8) is 0 Å². The van der Waals surface area contributed by atoms with E-state index in [1.807, 2.05) is 18.2 Å². The lowest BCUT2D eigenvalue weighted by Crippen LogP contribution is -2.15. The summed E-state index contributed by atoms with van der Waals surface area (Å²) in [5.74, 6) is 2.04. The van der Waals surface area contributed by atoms with Crippen molar-refractivity contribution in [1.82, 2.24) is 4.98 Å². The van der Waals surface area contributed by atoms with Crippen LogP contribution < -0.4 is 20.5 Å². The van der Waals surface area contributed by atoms with E-state index in [4.69, 9.17) is 26.8 Å². The van der Waals surface area contributed by atoms with Gasteiger partial charge in [0.05, 0.1) is 0 Å². The maximum atomic E-state index is 5.86. The number of anilines is 3. The zero-order chi connectivity index (χ0) is 13.2. The number of nitrogens with one attached hydrogen (secondary N) is 1. The molecular formula is C13H12ClN3O2. The van der Waals surface area contributed by atoms with Gasteiger partial charge in [-0.1, -0.05) is 11.6 Å². The lowest BCUT2D eigenvalue weighted by Gasteiger charge is -2.19. The van der Waals surface area contributed by atoms with Gasteiger partial charge in [0.1, 0.15) is 24.2 Å². The number of fused-ring (bicyclic) bond motifs is 1. The first-order valence-electron chi connectivity index (χ1n) is 5.80. The number of nitrogens with zero attached hydrogens (tertiary/aromatic N) is 1. The Balaban J connectivity index is 1.86. The van der Waals surface area contributed by atoms with Gasteiger partial charge in [-0.3, -0.25) is 0 Å². The maximum Gasteiger partial charge on any atom is 0.163 e. The average molecular weight is 278 g/mol. The summed E-state index contributed by atoms with van der Waals surface area (Å²) in [6, 6.07) is 8.89. The molecule has 2 heterocycles. The minimum atomic E-state index is 0.347. The Morgan fingerprint density at radius 3 is 2.68 bits per heavy atom. The molecule has 0 spiro atoms. The van der Waals surface area contributed by atoms with Gasteiger partial charge in [-0.05, 0) is 18.2 Å². The van der Waals surface area contributed by atoms with Gasteiger partial charge < -0.3 is 20.5 Å². The molecule has 98 valence electrons. The summed E-state index contributed by atoms with van der Waals surface area (Å²) in [6.07, 6.45) is 0. The smallest absolute Gasteiger partial charge is 0.163 e. The fourth-order valence-electron chi connectivity index (χ4n) is 1.85. The molecule has 3 N–H and O–H groups in total. The van der Waals surface area contributed by atoms with Crippen LogP contribution in [0.1, 0.15) is 0 Å². The van der Waals surface area contributed by atoms with Gasteiger partial charge in [0.2, 0.25) is 0 Å². The molecule has 1 aromatic carbocycles. The molecule has 6 heteroatoms. The Kier molecular flexibility index (Phi) is 3.05. The summed E-state index contributed by atoms with van der Waals surface area (Å²) in [5, 5.41) is 3.47. The lowest BCUT2D eigenvalue weighted by atomic mass is 10.2. The third-order valence-corrected chi connectivity index (χ3v) is 2.82. The Hall–Kier alpha value is -2.14. The van der Waals surface area contributed by atoms with E-state index >= 15 is 0 Å². The van der Waals surface area contributed by atoms with Crippen molar-refractivity contribution in [2.75, 3.05) is 24.3 Å². The number of nitrogens with two attached hydrogens (primary N) is 1. The number of hydrogen-bond acceptors (Lipinski definition) is 5. The highest BCUT2D eigenvalue weighted by molar-refractivity contribution is 6.29. The van der Waals surface area contributed by atoms with E-state index in [9.17, 15) is 0 Å². The Labute approximate surface area is 115 Å². The second-order valence-corrected chi connectivity index (χ2v) is 4.48. The molecular weight excluding hydrogens is 266 g/mol. The predicted octanol–water partition coefficient (Wildman–Crippen LogP) is 2.83. The average Bonchev–Trinajstić information content (AvgIpc) is 2.37. The molecule has 0 fully saturated rings. The SMILES string of the molecule is Nc1cc(Cl)nc(Nc2ccc3c(c2)OCCO3)c1. The lowest BCUT2D eigenvalue weighted by molar-refractivity contribution is 0.171. The van der Waals surface area contributed by atoms with Crippen molar-refractivity contribution in [2.24, 2.45) is 0 Å². The van der Waals surface area contributed by atoms with Crippen molar-refractivity contribution in [3.8, 4) is 11.5 Å². The second kappa shape index (κ2) is 4.85. The van der Waals surface area contributed by atoms with Crippen molar-refractivity contribution in [3.05, 3.63) is 35.5 Å². The Morgan fingerprint density at radius 2 is 1.89 bits per heavy atom. The van der Waals surface area contributed by atoms with Crippen LogP contribution in [0.25, 0.3) is 0 Å². The van der Waals surface area contributed by atoms with Gasteiger partial charge in [0.25, 0.3) is 0 Å². The number of hydrogen-bond donors (Lipinski definition) is 2. The van der Waals surface area contributed by atoms with E-state index in [1.165, 1.54) is 0 Å². The summed E-state index contributed by atoms with van der Waals surface area (Å²) in [4.78, 5) is 4.14. The molecule has 0 bridgehead atoms. The van der Waals surface area contributed by atoms with E-state index in [-0.39, 0.29) is 0 Å². The minimum Gasteiger partial charge on any atom is -0.486 e. The summed E-state index contributed by atoms with van der Waals surface area (Å²) in [6.45, 7) is 1.13. The number of benzene rings is 1. The summed E-state index contributed by atoms with van der Waals surface area (Å²) in [5.41, 5.74) is 7.10. The molecule has 2 aromatic rings. The van der Waals surface area contributed by atoms with Crippen LogP contribution >= 0.6 is 11.6 Å². The molecule has 19 heavy (non-hydrogen) atoms. The number of pyridine rings is 1. The molecule has 0 radical (unpaired) electrons. The predicted molar refractivity (Wildman–Crippen MR) is 74.4 cm³/mol. The third-order valence-electron chi connectivity index (χ3n) is 2.63. The highest BCUT2D eigenvalue weighted by atomic mass is 35.5. The standard InChI is InChI=1S/C13H12ClN3O2/c14-12-5-8(15)6-13(17-12)16-9-1-2-10-11(7-9)19-4-3-18-10/h1-2,5-7H,3-4H2,(H3,15,16,17). The molecule has 1 aliphatic rings. The van der Waals surface area contributed by atoms with Gasteiger partial charge >= 0.3 is 0 Å². The van der Waals surface area contributed by atoms with Crippen molar-refractivity contribution >= 4 is 28.8 Å². The number of aromatic nitrogens is 1. The Bertz CT molecular complexity index is 599. The van der Waals surface area contributed by atoms with Gasteiger partial charge in [0.15, 0.2) is 11.5 Å². The zero-order valence-electron chi connectivity index (χ0n) is 10.0. The van der Waals surface area contributed by atoms with Gasteiger partial charge in [0, 0.05) is 23.5 Å². The number of ether oxygens (including phenoxy) is 2. The zero-order valence-corrected chi connectivity index (χ0v) is 10.8. The van der Waals surface area contributed by atoms with Crippen LogP contribution in [0, 0.1) is 0 Å². The summed E-state index contributed by atoms with van der Waals surface area (Å²) >= 11 is 5.86. The van der Waals surface area contributed by atoms with Crippen molar-refractivity contribution in [1.29, 1.82) is 0 Å². The topological polar surface area (TPSA) is 69.4 Å². The number of rotatable bonds is 2. The number of halogens is 1. The van der Waals surface area contributed by atoms with Crippen LogP contribution in [0.3, 0.4) is 0 Å². The van der Waals surface area contributed by atoms with Gasteiger partial charge in [-0.2, -0.15) is 0 Å². The molecule has 0 saturated heterocycles. The fourth-order valence-corrected chi connectivity index (χ4v) is 2.07. The van der Waals surface area contributed by atoms with Crippen molar-refractivity contribution < 1.29 is 9.47 Å². The summed E-state index contributed by atoms with van der Waals surface area (Å²) in [7, 11) is 0. The first-order chi connectivity index (χ1) is 9.20. The van der Waals surface area contributed by atoms with E-state index < -0.39 is 0 Å². The van der Waals surface area contributed by atoms with Crippen LogP contribution in [0.15, 0.2) is 30.3 Å². The highest BCUT2D eigenvalue weighted by Gasteiger charge is 2.12. The van der Waals surface area contributed by atoms with E-state index in [0.717, 1.165) is 11.4 Å². The first-order valence-corrected chi connectivity index (χ1v) is 6.18. The Morgan fingerprint density at radius 1 is 1.11 bits per heavy atom. The van der Waals surface area contributed by atoms with E-state index in [1.54, 1.807) is 12.1 Å². The fraction of sp³-hybridized carbons (Fsp3) is 0.154. The normalized spacial score (nSPS) is 13.1. The van der Waals surface area contributed by atoms with Crippen LogP contribution in [0.2, 0.25) is 5.15 Å². The van der Waals surface area contributed by atoms with Crippen molar-refractivity contribution in [2.45, 2.75) is 0 Å². The second-order valence-electron chi connectivity index (χ2n) is 4.09. The van der Waals surface area contributed by atoms with Crippen LogP contribution in [-0.2, 0) is 0 Å². The molecule has 1 aliphatic heterocycles. The molecule has 5 nitrogen and oxygen atoms in total. The van der Waals surface area contributed by atoms with Gasteiger partial charge in [-0.15, -0.1) is 0 Å². The van der Waals surface area contributed by atoms with E-state index in [2.05, 4.69) is 10.3 Å². The first kappa shape index (κ1) is 11.9. The summed E-state index contributed by atoms with van der Waals surface area (Å²) < 4.78 is 11.0. The maximum absolute atomic E-state index is 5.86. The quantitative estimate of drug-likeness (QED) is 0.826. The third kappa shape index (κ3) is 2.66. The van der Waals surface area contributed by atoms with Crippen LogP contribution in [0.5, 0.6) is 11.5 Å². The molecule has 0 aliphatic carbocycles.